The van der Waals surface area contributed by atoms with Crippen LogP contribution in [0.15, 0.2) is 48.7 Å². The monoisotopic (exact) mass is 449 g/mol. The topological polar surface area (TPSA) is 86.9 Å². The number of aromatic nitrogens is 4. The van der Waals surface area contributed by atoms with Crippen LogP contribution < -0.4 is 0 Å². The van der Waals surface area contributed by atoms with Crippen molar-refractivity contribution in [1.29, 1.82) is 0 Å². The van der Waals surface area contributed by atoms with Crippen LogP contribution in [0.25, 0.3) is 22.6 Å². The van der Waals surface area contributed by atoms with Crippen molar-refractivity contribution in [1.82, 2.24) is 25.1 Å². The lowest BCUT2D eigenvalue weighted by Gasteiger charge is -2.26. The summed E-state index contributed by atoms with van der Waals surface area (Å²) in [6.45, 7) is 4.37. The Hall–Kier alpha value is -3.00. The van der Waals surface area contributed by atoms with Crippen molar-refractivity contribution in [2.24, 2.45) is 0 Å². The molecule has 1 saturated heterocycles. The predicted octanol–water partition coefficient (Wildman–Crippen LogP) is 3.79. The van der Waals surface area contributed by atoms with Gasteiger partial charge in [0.2, 0.25) is 0 Å². The Morgan fingerprint density at radius 3 is 2.66 bits per heavy atom. The number of imidazole rings is 1. The number of ketones is 1. The molecule has 0 atom stereocenters. The fraction of sp³-hybridized carbons (Fsp3) is 0.292. The molecule has 5 rings (SSSR count). The van der Waals surface area contributed by atoms with Crippen LogP contribution in [0.3, 0.4) is 0 Å². The van der Waals surface area contributed by atoms with Gasteiger partial charge in [0.15, 0.2) is 5.82 Å². The molecule has 0 bridgehead atoms. The summed E-state index contributed by atoms with van der Waals surface area (Å²) in [6, 6.07) is 13.7. The third-order valence-corrected chi connectivity index (χ3v) is 5.96. The van der Waals surface area contributed by atoms with Crippen molar-refractivity contribution in [3.63, 3.8) is 0 Å². The number of ether oxygens (including phenoxy) is 1. The van der Waals surface area contributed by atoms with Gasteiger partial charge in [-0.05, 0) is 35.4 Å². The molecular weight excluding hydrogens is 426 g/mol. The van der Waals surface area contributed by atoms with Crippen molar-refractivity contribution < 1.29 is 9.53 Å². The summed E-state index contributed by atoms with van der Waals surface area (Å²) in [4.78, 5) is 23.1. The Morgan fingerprint density at radius 1 is 1.06 bits per heavy atom. The maximum absolute atomic E-state index is 12.6. The number of carbonyl (C=O) groups is 1. The van der Waals surface area contributed by atoms with Crippen LogP contribution in [0, 0.1) is 0 Å². The zero-order chi connectivity index (χ0) is 21.9. The Labute approximate surface area is 190 Å². The number of aromatic amines is 2. The quantitative estimate of drug-likeness (QED) is 0.448. The van der Waals surface area contributed by atoms with Crippen LogP contribution in [0.5, 0.6) is 0 Å². The molecule has 32 heavy (non-hydrogen) atoms. The lowest BCUT2D eigenvalue weighted by molar-refractivity contribution is -0.117. The van der Waals surface area contributed by atoms with Crippen LogP contribution in [0.1, 0.15) is 16.7 Å². The zero-order valence-electron chi connectivity index (χ0n) is 17.6. The number of morpholine rings is 1. The highest BCUT2D eigenvalue weighted by molar-refractivity contribution is 6.30. The van der Waals surface area contributed by atoms with E-state index in [0.717, 1.165) is 60.7 Å². The lowest BCUT2D eigenvalue weighted by atomic mass is 10.0. The number of benzene rings is 2. The number of nitrogens with zero attached hydrogens (tertiary/aromatic N) is 3. The third-order valence-electron chi connectivity index (χ3n) is 5.71. The third kappa shape index (κ3) is 4.75. The number of H-pyrrole nitrogens is 2. The molecule has 7 nitrogen and oxygen atoms in total. The molecule has 3 heterocycles. The molecule has 1 aliphatic heterocycles. The summed E-state index contributed by atoms with van der Waals surface area (Å²) in [5.74, 6) is 0.800. The SMILES string of the molecule is O=C(Cc1ccc(Cl)cc1)Cc1cn[nH]c1-c1nc2ccc(CN3CCOCC3)cc2[nH]1. The molecule has 0 amide bonds. The summed E-state index contributed by atoms with van der Waals surface area (Å²) in [7, 11) is 0. The first kappa shape index (κ1) is 20.9. The second-order valence-electron chi connectivity index (χ2n) is 8.11. The van der Waals surface area contributed by atoms with Crippen molar-refractivity contribution in [3.05, 3.63) is 70.4 Å². The maximum Gasteiger partial charge on any atom is 0.156 e. The van der Waals surface area contributed by atoms with E-state index in [2.05, 4.69) is 32.2 Å². The number of rotatable bonds is 7. The number of fused-ring (bicyclic) bond motifs is 1. The number of Topliss-reactive ketones (excluding diaryl/α,β-unsaturated/α-hetero) is 1. The number of carbonyl (C=O) groups excluding carboxylic acids is 1. The average Bonchev–Trinajstić information content (AvgIpc) is 3.42. The minimum atomic E-state index is 0.110. The minimum absolute atomic E-state index is 0.110. The second-order valence-corrected chi connectivity index (χ2v) is 8.55. The van der Waals surface area contributed by atoms with Gasteiger partial charge in [0.1, 0.15) is 11.5 Å². The number of halogens is 1. The van der Waals surface area contributed by atoms with E-state index in [1.54, 1.807) is 18.3 Å². The number of hydrogen-bond donors (Lipinski definition) is 2. The Morgan fingerprint density at radius 2 is 1.84 bits per heavy atom. The molecule has 2 aromatic carbocycles. The molecule has 0 aliphatic carbocycles. The van der Waals surface area contributed by atoms with Crippen LogP contribution in [-0.4, -0.2) is 57.2 Å². The van der Waals surface area contributed by atoms with E-state index in [1.165, 1.54) is 5.56 Å². The predicted molar refractivity (Wildman–Crippen MR) is 124 cm³/mol. The molecule has 2 aromatic heterocycles. The Kier molecular flexibility index (Phi) is 6.03. The summed E-state index contributed by atoms with van der Waals surface area (Å²) in [6.07, 6.45) is 2.34. The van der Waals surface area contributed by atoms with Gasteiger partial charge in [0.05, 0.1) is 30.4 Å². The van der Waals surface area contributed by atoms with Gasteiger partial charge in [-0.1, -0.05) is 29.8 Å². The fourth-order valence-corrected chi connectivity index (χ4v) is 4.17. The van der Waals surface area contributed by atoms with E-state index in [1.807, 2.05) is 18.2 Å². The van der Waals surface area contributed by atoms with E-state index >= 15 is 0 Å². The molecule has 164 valence electrons. The van der Waals surface area contributed by atoms with Crippen molar-refractivity contribution >= 4 is 28.4 Å². The summed E-state index contributed by atoms with van der Waals surface area (Å²) < 4.78 is 5.43. The molecule has 4 aromatic rings. The number of nitrogens with one attached hydrogen (secondary N) is 2. The van der Waals surface area contributed by atoms with Gasteiger partial charge in [-0.2, -0.15) is 5.10 Å². The summed E-state index contributed by atoms with van der Waals surface area (Å²) in [5, 5.41) is 7.83. The van der Waals surface area contributed by atoms with Gasteiger partial charge < -0.3 is 9.72 Å². The van der Waals surface area contributed by atoms with Gasteiger partial charge in [0.25, 0.3) is 0 Å². The molecule has 0 unspecified atom stereocenters. The standard InChI is InChI=1S/C24H24ClN5O2/c25-19-4-1-16(2-5-19)11-20(31)13-18-14-26-29-23(18)24-27-21-6-3-17(12-22(21)28-24)15-30-7-9-32-10-8-30/h1-6,12,14H,7-11,13,15H2,(H,26,29)(H,27,28). The van der Waals surface area contributed by atoms with Gasteiger partial charge in [0, 0.05) is 43.1 Å². The second kappa shape index (κ2) is 9.24. The van der Waals surface area contributed by atoms with Crippen molar-refractivity contribution in [3.8, 4) is 11.5 Å². The van der Waals surface area contributed by atoms with Gasteiger partial charge in [-0.3, -0.25) is 14.8 Å². The molecule has 0 radical (unpaired) electrons. The molecule has 1 aliphatic rings. The van der Waals surface area contributed by atoms with Gasteiger partial charge >= 0.3 is 0 Å². The highest BCUT2D eigenvalue weighted by Crippen LogP contribution is 2.24. The smallest absolute Gasteiger partial charge is 0.156 e. The lowest BCUT2D eigenvalue weighted by Crippen LogP contribution is -2.35. The first-order valence-corrected chi connectivity index (χ1v) is 11.1. The normalized spacial score (nSPS) is 14.8. The number of hydrogen-bond acceptors (Lipinski definition) is 5. The maximum atomic E-state index is 12.6. The van der Waals surface area contributed by atoms with Gasteiger partial charge in [-0.15, -0.1) is 0 Å². The molecule has 0 saturated carbocycles. The first-order valence-electron chi connectivity index (χ1n) is 10.7. The van der Waals surface area contributed by atoms with Crippen LogP contribution in [0.2, 0.25) is 5.02 Å². The van der Waals surface area contributed by atoms with E-state index in [0.29, 0.717) is 17.3 Å². The van der Waals surface area contributed by atoms with E-state index < -0.39 is 0 Å². The average molecular weight is 450 g/mol. The molecule has 1 fully saturated rings. The summed E-state index contributed by atoms with van der Waals surface area (Å²) >= 11 is 5.93. The largest absolute Gasteiger partial charge is 0.379 e. The first-order chi connectivity index (χ1) is 15.6. The van der Waals surface area contributed by atoms with E-state index in [-0.39, 0.29) is 12.2 Å². The summed E-state index contributed by atoms with van der Waals surface area (Å²) in [5.41, 5.74) is 5.62. The van der Waals surface area contributed by atoms with Crippen molar-refractivity contribution in [2.45, 2.75) is 19.4 Å². The Balaban J connectivity index is 1.31. The highest BCUT2D eigenvalue weighted by atomic mass is 35.5. The Bertz CT molecular complexity index is 1220. The van der Waals surface area contributed by atoms with E-state index in [4.69, 9.17) is 21.3 Å². The van der Waals surface area contributed by atoms with Crippen LogP contribution in [-0.2, 0) is 28.9 Å². The van der Waals surface area contributed by atoms with Crippen LogP contribution in [0.4, 0.5) is 0 Å². The van der Waals surface area contributed by atoms with Crippen LogP contribution >= 0.6 is 11.6 Å². The molecular formula is C24H24ClN5O2. The zero-order valence-corrected chi connectivity index (χ0v) is 18.4. The van der Waals surface area contributed by atoms with Gasteiger partial charge in [-0.25, -0.2) is 4.98 Å². The molecule has 8 heteroatoms. The van der Waals surface area contributed by atoms with Crippen molar-refractivity contribution in [2.75, 3.05) is 26.3 Å². The minimum Gasteiger partial charge on any atom is -0.379 e. The molecule has 2 N–H and O–H groups in total. The molecule has 0 spiro atoms. The van der Waals surface area contributed by atoms with E-state index in [9.17, 15) is 4.79 Å². The fourth-order valence-electron chi connectivity index (χ4n) is 4.05. The highest BCUT2D eigenvalue weighted by Gasteiger charge is 2.16.